The van der Waals surface area contributed by atoms with Gasteiger partial charge < -0.3 is 4.90 Å². The van der Waals surface area contributed by atoms with Crippen molar-refractivity contribution in [3.63, 3.8) is 0 Å². The van der Waals surface area contributed by atoms with Crippen molar-refractivity contribution in [2.75, 3.05) is 13.1 Å². The van der Waals surface area contributed by atoms with Gasteiger partial charge >= 0.3 is 0 Å². The van der Waals surface area contributed by atoms with Crippen LogP contribution in [0.5, 0.6) is 0 Å². The fourth-order valence-corrected chi connectivity index (χ4v) is 1.93. The molecule has 1 aliphatic heterocycles. The zero-order valence-corrected chi connectivity index (χ0v) is 13.4. The molecule has 0 saturated heterocycles. The molecule has 0 aromatic rings. The Bertz CT molecular complexity index is 369. The van der Waals surface area contributed by atoms with E-state index in [1.807, 2.05) is 58.6 Å². The van der Waals surface area contributed by atoms with Gasteiger partial charge in [0.15, 0.2) is 0 Å². The molecular formula is C17H29NO. The molecule has 2 heteroatoms. The Morgan fingerprint density at radius 2 is 1.95 bits per heavy atom. The van der Waals surface area contributed by atoms with Crippen molar-refractivity contribution in [2.24, 2.45) is 5.41 Å². The predicted octanol–water partition coefficient (Wildman–Crippen LogP) is 4.35. The van der Waals surface area contributed by atoms with Gasteiger partial charge in [0.1, 0.15) is 0 Å². The molecule has 1 heterocycles. The molecule has 0 N–H and O–H groups in total. The van der Waals surface area contributed by atoms with Crippen LogP contribution in [0.2, 0.25) is 0 Å². The van der Waals surface area contributed by atoms with Crippen LogP contribution in [-0.4, -0.2) is 23.9 Å². The van der Waals surface area contributed by atoms with Gasteiger partial charge in [-0.2, -0.15) is 0 Å². The van der Waals surface area contributed by atoms with E-state index in [1.54, 1.807) is 0 Å². The summed E-state index contributed by atoms with van der Waals surface area (Å²) in [5, 5.41) is 0. The van der Waals surface area contributed by atoms with Gasteiger partial charge in [0.25, 0.3) is 0 Å². The molecule has 0 saturated carbocycles. The van der Waals surface area contributed by atoms with Crippen molar-refractivity contribution < 1.29 is 4.79 Å². The quantitative estimate of drug-likeness (QED) is 0.678. The predicted molar refractivity (Wildman–Crippen MR) is 84.0 cm³/mol. The lowest BCUT2D eigenvalue weighted by Crippen LogP contribution is -2.41. The zero-order valence-electron chi connectivity index (χ0n) is 13.4. The Labute approximate surface area is 118 Å². The van der Waals surface area contributed by atoms with Crippen molar-refractivity contribution in [3.05, 3.63) is 36.0 Å². The Hall–Kier alpha value is -1.31. The SMILES string of the molecule is C=C(/C=C\C)C1=CCN(C(=O)C(C)(C)C)CC1.CC. The van der Waals surface area contributed by atoms with Crippen molar-refractivity contribution in [1.82, 2.24) is 4.90 Å². The zero-order chi connectivity index (χ0) is 15.1. The minimum atomic E-state index is -0.286. The number of carbonyl (C=O) groups is 1. The lowest BCUT2D eigenvalue weighted by Gasteiger charge is -2.32. The third-order valence-corrected chi connectivity index (χ3v) is 2.92. The third kappa shape index (κ3) is 5.46. The third-order valence-electron chi connectivity index (χ3n) is 2.92. The molecule has 0 spiro atoms. The maximum atomic E-state index is 12.1. The normalized spacial score (nSPS) is 15.7. The Kier molecular flexibility index (Phi) is 7.43. The smallest absolute Gasteiger partial charge is 0.228 e. The Balaban J connectivity index is 0.00000154. The fraction of sp³-hybridized carbons (Fsp3) is 0.588. The van der Waals surface area contributed by atoms with E-state index in [2.05, 4.69) is 12.7 Å². The Morgan fingerprint density at radius 1 is 1.37 bits per heavy atom. The van der Waals surface area contributed by atoms with E-state index in [-0.39, 0.29) is 11.3 Å². The van der Waals surface area contributed by atoms with Crippen LogP contribution < -0.4 is 0 Å². The molecule has 108 valence electrons. The summed E-state index contributed by atoms with van der Waals surface area (Å²) in [7, 11) is 0. The van der Waals surface area contributed by atoms with Crippen LogP contribution in [-0.2, 0) is 4.79 Å². The largest absolute Gasteiger partial charge is 0.338 e. The average Bonchev–Trinajstić information content (AvgIpc) is 2.39. The standard InChI is InChI=1S/C15H23NO.C2H6/c1-6-7-12(2)13-8-10-16(11-9-13)14(17)15(3,4)5;1-2/h6-8H,2,9-11H2,1,3-5H3;1-2H3/b7-6-;. The van der Waals surface area contributed by atoms with Crippen molar-refractivity contribution >= 4 is 5.91 Å². The van der Waals surface area contributed by atoms with E-state index in [0.29, 0.717) is 6.54 Å². The molecule has 0 atom stereocenters. The summed E-state index contributed by atoms with van der Waals surface area (Å²) < 4.78 is 0. The number of nitrogens with zero attached hydrogens (tertiary/aromatic N) is 1. The number of hydrogen-bond acceptors (Lipinski definition) is 1. The van der Waals surface area contributed by atoms with Crippen LogP contribution in [0, 0.1) is 5.41 Å². The van der Waals surface area contributed by atoms with Crippen molar-refractivity contribution in [1.29, 1.82) is 0 Å². The van der Waals surface area contributed by atoms with Gasteiger partial charge in [-0.1, -0.05) is 59.4 Å². The van der Waals surface area contributed by atoms with Crippen LogP contribution in [0.3, 0.4) is 0 Å². The van der Waals surface area contributed by atoms with Crippen molar-refractivity contribution in [2.45, 2.75) is 48.0 Å². The summed E-state index contributed by atoms with van der Waals surface area (Å²) in [6.07, 6.45) is 7.05. The molecule has 0 unspecified atom stereocenters. The van der Waals surface area contributed by atoms with Gasteiger partial charge in [-0.15, -0.1) is 0 Å². The molecule has 2 nitrogen and oxygen atoms in total. The number of rotatable bonds is 2. The van der Waals surface area contributed by atoms with Gasteiger partial charge in [-0.25, -0.2) is 0 Å². The molecule has 1 aliphatic rings. The van der Waals surface area contributed by atoms with E-state index in [9.17, 15) is 4.79 Å². The summed E-state index contributed by atoms with van der Waals surface area (Å²) in [5.41, 5.74) is 2.04. The summed E-state index contributed by atoms with van der Waals surface area (Å²) in [4.78, 5) is 14.0. The second-order valence-corrected chi connectivity index (χ2v) is 5.51. The summed E-state index contributed by atoms with van der Waals surface area (Å²) in [6, 6.07) is 0. The average molecular weight is 263 g/mol. The maximum absolute atomic E-state index is 12.1. The Morgan fingerprint density at radius 3 is 2.32 bits per heavy atom. The second-order valence-electron chi connectivity index (χ2n) is 5.51. The minimum Gasteiger partial charge on any atom is -0.338 e. The number of hydrogen-bond donors (Lipinski definition) is 0. The van der Waals surface area contributed by atoms with Crippen LogP contribution in [0.4, 0.5) is 0 Å². The molecule has 0 aromatic heterocycles. The van der Waals surface area contributed by atoms with E-state index in [4.69, 9.17) is 0 Å². The molecule has 0 aromatic carbocycles. The second kappa shape index (κ2) is 7.98. The van der Waals surface area contributed by atoms with Crippen LogP contribution in [0.25, 0.3) is 0 Å². The first kappa shape index (κ1) is 17.7. The maximum Gasteiger partial charge on any atom is 0.228 e. The molecule has 19 heavy (non-hydrogen) atoms. The number of allylic oxidation sites excluding steroid dienone is 3. The molecule has 1 rings (SSSR count). The molecule has 0 fully saturated rings. The molecule has 1 amide bonds. The van der Waals surface area contributed by atoms with Crippen LogP contribution in [0.15, 0.2) is 36.0 Å². The molecule has 0 aliphatic carbocycles. The van der Waals surface area contributed by atoms with Crippen LogP contribution >= 0.6 is 0 Å². The number of carbonyl (C=O) groups excluding carboxylic acids is 1. The van der Waals surface area contributed by atoms with Crippen LogP contribution in [0.1, 0.15) is 48.0 Å². The highest BCUT2D eigenvalue weighted by Gasteiger charge is 2.28. The first-order chi connectivity index (χ1) is 8.86. The highest BCUT2D eigenvalue weighted by Crippen LogP contribution is 2.23. The van der Waals surface area contributed by atoms with E-state index in [0.717, 1.165) is 18.5 Å². The summed E-state index contributed by atoms with van der Waals surface area (Å²) >= 11 is 0. The van der Waals surface area contributed by atoms with Gasteiger partial charge in [0, 0.05) is 18.5 Å². The lowest BCUT2D eigenvalue weighted by atomic mass is 9.93. The first-order valence-electron chi connectivity index (χ1n) is 7.16. The molecular weight excluding hydrogens is 234 g/mol. The van der Waals surface area contributed by atoms with E-state index >= 15 is 0 Å². The van der Waals surface area contributed by atoms with E-state index in [1.165, 1.54) is 5.57 Å². The van der Waals surface area contributed by atoms with Gasteiger partial charge in [-0.05, 0) is 24.5 Å². The molecule has 0 bridgehead atoms. The van der Waals surface area contributed by atoms with E-state index < -0.39 is 0 Å². The fourth-order valence-electron chi connectivity index (χ4n) is 1.93. The topological polar surface area (TPSA) is 20.3 Å². The monoisotopic (exact) mass is 263 g/mol. The molecule has 0 radical (unpaired) electrons. The summed E-state index contributed by atoms with van der Waals surface area (Å²) in [5.74, 6) is 0.226. The highest BCUT2D eigenvalue weighted by molar-refractivity contribution is 5.81. The highest BCUT2D eigenvalue weighted by atomic mass is 16.2. The minimum absolute atomic E-state index is 0.226. The van der Waals surface area contributed by atoms with Crippen molar-refractivity contribution in [3.8, 4) is 0 Å². The van der Waals surface area contributed by atoms with Gasteiger partial charge in [0.05, 0.1) is 0 Å². The van der Waals surface area contributed by atoms with Gasteiger partial charge in [0.2, 0.25) is 5.91 Å². The lowest BCUT2D eigenvalue weighted by molar-refractivity contribution is -0.139. The summed E-state index contributed by atoms with van der Waals surface area (Å²) in [6.45, 7) is 17.4. The van der Waals surface area contributed by atoms with Gasteiger partial charge in [-0.3, -0.25) is 4.79 Å². The number of amides is 1. The first-order valence-corrected chi connectivity index (χ1v) is 7.16.